The first-order valence-electron chi connectivity index (χ1n) is 3.37. The Bertz CT molecular complexity index is 92.7. The van der Waals surface area contributed by atoms with Gasteiger partial charge < -0.3 is 5.11 Å². The van der Waals surface area contributed by atoms with Gasteiger partial charge in [-0.25, -0.2) is 0 Å². The molecule has 0 saturated carbocycles. The van der Waals surface area contributed by atoms with E-state index in [9.17, 15) is 0 Å². The molecule has 0 aromatic heterocycles. The van der Waals surface area contributed by atoms with Crippen molar-refractivity contribution in [2.45, 2.75) is 26.2 Å². The molecular weight excluding hydrogens is 112 g/mol. The molecule has 0 bridgehead atoms. The molecule has 0 aliphatic rings. The van der Waals surface area contributed by atoms with Crippen molar-refractivity contribution in [2.24, 2.45) is 0 Å². The van der Waals surface area contributed by atoms with Crippen molar-refractivity contribution in [3.63, 3.8) is 0 Å². The number of aliphatic hydroxyl groups is 1. The predicted octanol–water partition coefficient (Wildman–Crippen LogP) is 2.80. The predicted molar refractivity (Wildman–Crippen MR) is 40.4 cm³/mol. The lowest BCUT2D eigenvalue weighted by Gasteiger charge is -1.84. The fourth-order valence-electron chi connectivity index (χ4n) is 0.546. The third kappa shape index (κ3) is 7.28. The molecule has 52 valence electrons. The second-order valence-corrected chi connectivity index (χ2v) is 1.91. The Morgan fingerprint density at radius 1 is 1.33 bits per heavy atom. The molecule has 0 atom stereocenters. The highest BCUT2D eigenvalue weighted by Crippen LogP contribution is 1.94. The first-order chi connectivity index (χ1) is 4.41. The summed E-state index contributed by atoms with van der Waals surface area (Å²) in [5.41, 5.74) is 0. The standard InChI is InChI=1S/C8H14O/c1-2-3-4-5-6-7-8-9/h5-9H,2-4H2,1H3/b6-5-,8-7-. The second kappa shape index (κ2) is 7.28. The average Bonchev–Trinajstić information content (AvgIpc) is 1.89. The minimum Gasteiger partial charge on any atom is -0.516 e. The highest BCUT2D eigenvalue weighted by atomic mass is 16.2. The van der Waals surface area contributed by atoms with Crippen LogP contribution >= 0.6 is 0 Å². The summed E-state index contributed by atoms with van der Waals surface area (Å²) in [6.45, 7) is 2.16. The summed E-state index contributed by atoms with van der Waals surface area (Å²) >= 11 is 0. The summed E-state index contributed by atoms with van der Waals surface area (Å²) in [6.07, 6.45) is 10.1. The average molecular weight is 126 g/mol. The van der Waals surface area contributed by atoms with Gasteiger partial charge in [-0.15, -0.1) is 0 Å². The van der Waals surface area contributed by atoms with Gasteiger partial charge >= 0.3 is 0 Å². The van der Waals surface area contributed by atoms with Gasteiger partial charge in [0.15, 0.2) is 0 Å². The molecule has 0 amide bonds. The summed E-state index contributed by atoms with van der Waals surface area (Å²) < 4.78 is 0. The van der Waals surface area contributed by atoms with Crippen LogP contribution in [0, 0.1) is 0 Å². The Morgan fingerprint density at radius 2 is 2.11 bits per heavy atom. The van der Waals surface area contributed by atoms with E-state index in [1.54, 1.807) is 6.08 Å². The van der Waals surface area contributed by atoms with E-state index in [4.69, 9.17) is 5.11 Å². The van der Waals surface area contributed by atoms with Crippen LogP contribution in [-0.2, 0) is 0 Å². The topological polar surface area (TPSA) is 20.2 Å². The van der Waals surface area contributed by atoms with Crippen LogP contribution < -0.4 is 0 Å². The van der Waals surface area contributed by atoms with Gasteiger partial charge in [-0.05, 0) is 12.5 Å². The summed E-state index contributed by atoms with van der Waals surface area (Å²) in [5.74, 6) is 0. The van der Waals surface area contributed by atoms with Gasteiger partial charge in [-0.2, -0.15) is 0 Å². The first-order valence-corrected chi connectivity index (χ1v) is 3.37. The molecule has 0 aliphatic carbocycles. The summed E-state index contributed by atoms with van der Waals surface area (Å²) in [7, 11) is 0. The summed E-state index contributed by atoms with van der Waals surface area (Å²) in [6, 6.07) is 0. The van der Waals surface area contributed by atoms with Crippen molar-refractivity contribution < 1.29 is 5.11 Å². The van der Waals surface area contributed by atoms with Crippen LogP contribution in [0.5, 0.6) is 0 Å². The number of hydrogen-bond acceptors (Lipinski definition) is 1. The number of rotatable bonds is 4. The number of allylic oxidation sites excluding steroid dienone is 3. The van der Waals surface area contributed by atoms with Gasteiger partial charge in [0.2, 0.25) is 0 Å². The minimum atomic E-state index is 1.04. The Hall–Kier alpha value is -0.720. The molecule has 0 aromatic rings. The van der Waals surface area contributed by atoms with Crippen molar-refractivity contribution in [2.75, 3.05) is 0 Å². The van der Waals surface area contributed by atoms with Crippen LogP contribution in [-0.4, -0.2) is 5.11 Å². The molecule has 0 fully saturated rings. The van der Waals surface area contributed by atoms with Crippen molar-refractivity contribution >= 4 is 0 Å². The van der Waals surface area contributed by atoms with Crippen LogP contribution in [0.25, 0.3) is 0 Å². The molecule has 0 heterocycles. The summed E-state index contributed by atoms with van der Waals surface area (Å²) in [5, 5.41) is 8.19. The maximum atomic E-state index is 8.19. The second-order valence-electron chi connectivity index (χ2n) is 1.91. The van der Waals surface area contributed by atoms with E-state index in [2.05, 4.69) is 13.0 Å². The number of aliphatic hydroxyl groups excluding tert-OH is 1. The monoisotopic (exact) mass is 126 g/mol. The van der Waals surface area contributed by atoms with Crippen molar-refractivity contribution in [3.8, 4) is 0 Å². The Morgan fingerprint density at radius 3 is 2.67 bits per heavy atom. The van der Waals surface area contributed by atoms with Crippen LogP contribution in [0.1, 0.15) is 26.2 Å². The molecule has 0 rings (SSSR count). The number of unbranched alkanes of at least 4 members (excludes halogenated alkanes) is 2. The summed E-state index contributed by atoms with van der Waals surface area (Å²) in [4.78, 5) is 0. The molecule has 0 unspecified atom stereocenters. The number of hydrogen-bond donors (Lipinski definition) is 1. The fraction of sp³-hybridized carbons (Fsp3) is 0.500. The van der Waals surface area contributed by atoms with Crippen LogP contribution in [0.4, 0.5) is 0 Å². The minimum absolute atomic E-state index is 1.04. The molecule has 1 N–H and O–H groups in total. The molecule has 0 saturated heterocycles. The molecule has 0 aliphatic heterocycles. The normalized spacial score (nSPS) is 11.7. The fourth-order valence-corrected chi connectivity index (χ4v) is 0.546. The lowest BCUT2D eigenvalue weighted by atomic mass is 10.2. The van der Waals surface area contributed by atoms with Gasteiger partial charge in [-0.1, -0.05) is 31.9 Å². The van der Waals surface area contributed by atoms with Crippen LogP contribution in [0.3, 0.4) is 0 Å². The van der Waals surface area contributed by atoms with E-state index in [0.29, 0.717) is 0 Å². The van der Waals surface area contributed by atoms with E-state index in [1.165, 1.54) is 12.8 Å². The highest BCUT2D eigenvalue weighted by molar-refractivity contribution is 4.98. The van der Waals surface area contributed by atoms with E-state index < -0.39 is 0 Å². The quantitative estimate of drug-likeness (QED) is 0.349. The lowest BCUT2D eigenvalue weighted by Crippen LogP contribution is -1.64. The van der Waals surface area contributed by atoms with Crippen LogP contribution in [0.15, 0.2) is 24.5 Å². The third-order valence-corrected chi connectivity index (χ3v) is 1.06. The first kappa shape index (κ1) is 8.28. The largest absolute Gasteiger partial charge is 0.516 e. The zero-order chi connectivity index (χ0) is 6.95. The van der Waals surface area contributed by atoms with Gasteiger partial charge in [-0.3, -0.25) is 0 Å². The van der Waals surface area contributed by atoms with Crippen molar-refractivity contribution in [1.29, 1.82) is 0 Å². The Labute approximate surface area is 56.7 Å². The third-order valence-electron chi connectivity index (χ3n) is 1.06. The highest BCUT2D eigenvalue weighted by Gasteiger charge is 1.74. The SMILES string of the molecule is CCCC/C=C\C=C/O. The van der Waals surface area contributed by atoms with E-state index in [0.717, 1.165) is 12.7 Å². The smallest absolute Gasteiger partial charge is 0.0791 e. The van der Waals surface area contributed by atoms with E-state index in [-0.39, 0.29) is 0 Å². The maximum Gasteiger partial charge on any atom is 0.0791 e. The van der Waals surface area contributed by atoms with Crippen molar-refractivity contribution in [1.82, 2.24) is 0 Å². The molecule has 0 aromatic carbocycles. The maximum absolute atomic E-state index is 8.19. The van der Waals surface area contributed by atoms with Gasteiger partial charge in [0, 0.05) is 0 Å². The van der Waals surface area contributed by atoms with Gasteiger partial charge in [0.05, 0.1) is 6.26 Å². The molecule has 0 spiro atoms. The lowest BCUT2D eigenvalue weighted by molar-refractivity contribution is 0.473. The van der Waals surface area contributed by atoms with Gasteiger partial charge in [0.1, 0.15) is 0 Å². The molecule has 9 heavy (non-hydrogen) atoms. The van der Waals surface area contributed by atoms with Crippen LogP contribution in [0.2, 0.25) is 0 Å². The zero-order valence-electron chi connectivity index (χ0n) is 5.88. The molecule has 1 nitrogen and oxygen atoms in total. The Balaban J connectivity index is 3.04. The van der Waals surface area contributed by atoms with E-state index in [1.807, 2.05) is 6.08 Å². The van der Waals surface area contributed by atoms with Crippen molar-refractivity contribution in [3.05, 3.63) is 24.5 Å². The molecule has 0 radical (unpaired) electrons. The molecular formula is C8H14O. The molecule has 1 heteroatoms. The zero-order valence-corrected chi connectivity index (χ0v) is 5.88. The van der Waals surface area contributed by atoms with Gasteiger partial charge in [0.25, 0.3) is 0 Å². The Kier molecular flexibility index (Phi) is 6.70. The van der Waals surface area contributed by atoms with E-state index >= 15 is 0 Å².